The van der Waals surface area contributed by atoms with Gasteiger partial charge in [-0.1, -0.05) is 6.58 Å². The van der Waals surface area contributed by atoms with Crippen LogP contribution in [0.15, 0.2) is 12.3 Å². The van der Waals surface area contributed by atoms with E-state index in [1.165, 1.54) is 0 Å². The summed E-state index contributed by atoms with van der Waals surface area (Å²) < 4.78 is 4.83. The van der Waals surface area contributed by atoms with Crippen LogP contribution in [0, 0.1) is 0 Å². The van der Waals surface area contributed by atoms with Crippen LogP contribution in [0.3, 0.4) is 0 Å². The first-order valence-corrected chi connectivity index (χ1v) is 2.77. The smallest absolute Gasteiger partial charge is 0.344 e. The van der Waals surface area contributed by atoms with Crippen LogP contribution in [-0.2, 0) is 9.53 Å². The first-order valence-electron chi connectivity index (χ1n) is 2.77. The van der Waals surface area contributed by atoms with Gasteiger partial charge in [-0.25, -0.2) is 4.79 Å². The average molecular weight is 128 g/mol. The molecule has 9 heavy (non-hydrogen) atoms. The molecule has 1 atom stereocenters. The van der Waals surface area contributed by atoms with Crippen molar-refractivity contribution in [1.82, 2.24) is 0 Å². The first-order chi connectivity index (χ1) is 4.20. The van der Waals surface area contributed by atoms with Crippen molar-refractivity contribution in [2.45, 2.75) is 18.9 Å². The van der Waals surface area contributed by atoms with E-state index in [-0.39, 0.29) is 0 Å². The first kappa shape index (κ1) is 6.13. The Morgan fingerprint density at radius 3 is 2.78 bits per heavy atom. The highest BCUT2D eigenvalue weighted by Crippen LogP contribution is 2.20. The van der Waals surface area contributed by atoms with Gasteiger partial charge in [-0.2, -0.15) is 0 Å². The maximum Gasteiger partial charge on any atom is 0.344 e. The lowest BCUT2D eigenvalue weighted by Crippen LogP contribution is -2.17. The fraction of sp³-hybridized carbons (Fsp3) is 0.500. The molecule has 0 aromatic carbocycles. The third-order valence-corrected chi connectivity index (χ3v) is 1.27. The summed E-state index contributed by atoms with van der Waals surface area (Å²) in [5.74, 6) is -0.309. The SMILES string of the molecule is C=C1CC[C@@H](C(=O)O)O1. The standard InChI is InChI=1S/C6H8O3/c1-4-2-3-5(9-4)6(7)8/h5H,1-3H2,(H,7,8)/t5-/m0/s1. The highest BCUT2D eigenvalue weighted by Gasteiger charge is 2.25. The van der Waals surface area contributed by atoms with Crippen LogP contribution in [0.25, 0.3) is 0 Å². The second kappa shape index (κ2) is 2.09. The molecule has 1 saturated heterocycles. The average Bonchev–Trinajstić information content (AvgIpc) is 2.14. The third-order valence-electron chi connectivity index (χ3n) is 1.27. The molecule has 0 bridgehead atoms. The highest BCUT2D eigenvalue weighted by atomic mass is 16.5. The number of hydrogen-bond donors (Lipinski definition) is 1. The molecular weight excluding hydrogens is 120 g/mol. The Bertz CT molecular complexity index is 150. The zero-order valence-electron chi connectivity index (χ0n) is 4.96. The van der Waals surface area contributed by atoms with Gasteiger partial charge in [0.1, 0.15) is 0 Å². The highest BCUT2D eigenvalue weighted by molar-refractivity contribution is 5.72. The molecule has 1 aliphatic rings. The minimum absolute atomic E-state index is 0.564. The van der Waals surface area contributed by atoms with Crippen molar-refractivity contribution in [3.05, 3.63) is 12.3 Å². The molecule has 0 aliphatic carbocycles. The Kier molecular flexibility index (Phi) is 1.42. The van der Waals surface area contributed by atoms with Gasteiger partial charge in [0.2, 0.25) is 0 Å². The zero-order valence-corrected chi connectivity index (χ0v) is 4.96. The van der Waals surface area contributed by atoms with Gasteiger partial charge in [-0.15, -0.1) is 0 Å². The Balaban J connectivity index is 2.48. The summed E-state index contributed by atoms with van der Waals surface area (Å²) in [6.07, 6.45) is 0.600. The van der Waals surface area contributed by atoms with Crippen LogP contribution < -0.4 is 0 Å². The number of carboxylic acid groups (broad SMARTS) is 1. The molecule has 0 spiro atoms. The number of aliphatic carboxylic acids is 1. The van der Waals surface area contributed by atoms with E-state index in [2.05, 4.69) is 6.58 Å². The monoisotopic (exact) mass is 128 g/mol. The van der Waals surface area contributed by atoms with Crippen molar-refractivity contribution in [3.8, 4) is 0 Å². The van der Waals surface area contributed by atoms with Gasteiger partial charge in [0, 0.05) is 12.8 Å². The molecule has 50 valence electrons. The molecule has 1 rings (SSSR count). The minimum atomic E-state index is -0.895. The van der Waals surface area contributed by atoms with Crippen LogP contribution in [-0.4, -0.2) is 17.2 Å². The van der Waals surface area contributed by atoms with Crippen molar-refractivity contribution in [2.24, 2.45) is 0 Å². The summed E-state index contributed by atoms with van der Waals surface area (Å²) in [6.45, 7) is 3.50. The van der Waals surface area contributed by atoms with Crippen LogP contribution in [0.4, 0.5) is 0 Å². The Labute approximate surface area is 52.9 Å². The summed E-state index contributed by atoms with van der Waals surface area (Å²) in [5, 5.41) is 8.36. The van der Waals surface area contributed by atoms with E-state index in [9.17, 15) is 4.79 Å². The molecule has 1 heterocycles. The summed E-state index contributed by atoms with van der Waals surface area (Å²) in [7, 11) is 0. The Hall–Kier alpha value is -0.990. The molecule has 0 aromatic heterocycles. The van der Waals surface area contributed by atoms with Gasteiger partial charge >= 0.3 is 5.97 Å². The fourth-order valence-electron chi connectivity index (χ4n) is 0.785. The van der Waals surface area contributed by atoms with E-state index >= 15 is 0 Å². The van der Waals surface area contributed by atoms with Gasteiger partial charge < -0.3 is 9.84 Å². The van der Waals surface area contributed by atoms with E-state index in [1.54, 1.807) is 0 Å². The van der Waals surface area contributed by atoms with Crippen LogP contribution >= 0.6 is 0 Å². The molecular formula is C6H8O3. The number of ether oxygens (including phenoxy) is 1. The molecule has 0 radical (unpaired) electrons. The molecule has 0 aromatic rings. The Morgan fingerprint density at radius 1 is 1.89 bits per heavy atom. The normalized spacial score (nSPS) is 25.8. The molecule has 1 fully saturated rings. The van der Waals surface area contributed by atoms with Crippen molar-refractivity contribution in [2.75, 3.05) is 0 Å². The van der Waals surface area contributed by atoms with Gasteiger partial charge in [0.05, 0.1) is 5.76 Å². The van der Waals surface area contributed by atoms with Crippen molar-refractivity contribution in [1.29, 1.82) is 0 Å². The summed E-state index contributed by atoms with van der Waals surface area (Å²) in [4.78, 5) is 10.2. The van der Waals surface area contributed by atoms with E-state index in [4.69, 9.17) is 9.84 Å². The van der Waals surface area contributed by atoms with E-state index in [1.807, 2.05) is 0 Å². The second-order valence-corrected chi connectivity index (χ2v) is 2.02. The van der Waals surface area contributed by atoms with Crippen molar-refractivity contribution < 1.29 is 14.6 Å². The van der Waals surface area contributed by atoms with Crippen molar-refractivity contribution in [3.63, 3.8) is 0 Å². The van der Waals surface area contributed by atoms with E-state index < -0.39 is 12.1 Å². The van der Waals surface area contributed by atoms with Gasteiger partial charge in [-0.05, 0) is 0 Å². The van der Waals surface area contributed by atoms with Gasteiger partial charge in [-0.3, -0.25) is 0 Å². The number of carboxylic acids is 1. The largest absolute Gasteiger partial charge is 0.484 e. The lowest BCUT2D eigenvalue weighted by atomic mass is 10.2. The van der Waals surface area contributed by atoms with Crippen LogP contribution in [0.5, 0.6) is 0 Å². The maximum absolute atomic E-state index is 10.2. The van der Waals surface area contributed by atoms with Gasteiger partial charge in [0.15, 0.2) is 6.10 Å². The summed E-state index contributed by atoms with van der Waals surface area (Å²) >= 11 is 0. The Morgan fingerprint density at radius 2 is 2.56 bits per heavy atom. The molecule has 3 nitrogen and oxygen atoms in total. The van der Waals surface area contributed by atoms with Gasteiger partial charge in [0.25, 0.3) is 0 Å². The predicted molar refractivity (Wildman–Crippen MR) is 30.9 cm³/mol. The molecule has 1 N–H and O–H groups in total. The predicted octanol–water partition coefficient (Wildman–Crippen LogP) is 0.764. The minimum Gasteiger partial charge on any atom is -0.484 e. The van der Waals surface area contributed by atoms with Crippen LogP contribution in [0.1, 0.15) is 12.8 Å². The second-order valence-electron chi connectivity index (χ2n) is 2.02. The van der Waals surface area contributed by atoms with E-state index in [0.29, 0.717) is 18.6 Å². The lowest BCUT2D eigenvalue weighted by molar-refractivity contribution is -0.145. The topological polar surface area (TPSA) is 46.5 Å². The number of carbonyl (C=O) groups is 1. The number of allylic oxidation sites excluding steroid dienone is 1. The van der Waals surface area contributed by atoms with E-state index in [0.717, 1.165) is 0 Å². The molecule has 1 aliphatic heterocycles. The van der Waals surface area contributed by atoms with Crippen LogP contribution in [0.2, 0.25) is 0 Å². The maximum atomic E-state index is 10.2. The third kappa shape index (κ3) is 1.22. The molecule has 0 unspecified atom stereocenters. The quantitative estimate of drug-likeness (QED) is 0.567. The summed E-state index contributed by atoms with van der Waals surface area (Å²) in [6, 6.07) is 0. The molecule has 3 heteroatoms. The lowest BCUT2D eigenvalue weighted by Gasteiger charge is -2.01. The molecule has 0 saturated carbocycles. The number of rotatable bonds is 1. The zero-order chi connectivity index (χ0) is 6.85. The fourth-order valence-corrected chi connectivity index (χ4v) is 0.785. The number of hydrogen-bond acceptors (Lipinski definition) is 2. The summed E-state index contributed by atoms with van der Waals surface area (Å²) in [5.41, 5.74) is 0. The van der Waals surface area contributed by atoms with Crippen molar-refractivity contribution >= 4 is 5.97 Å². The molecule has 0 amide bonds.